The van der Waals surface area contributed by atoms with Crippen LogP contribution in [0.3, 0.4) is 0 Å². The third kappa shape index (κ3) is 6.51. The molecule has 0 unspecified atom stereocenters. The van der Waals surface area contributed by atoms with Gasteiger partial charge in [0.15, 0.2) is 5.11 Å². The van der Waals surface area contributed by atoms with E-state index >= 15 is 0 Å². The van der Waals surface area contributed by atoms with Crippen LogP contribution in [0.1, 0.15) is 46.9 Å². The van der Waals surface area contributed by atoms with E-state index in [2.05, 4.69) is 17.6 Å². The zero-order valence-electron chi connectivity index (χ0n) is 18.3. The van der Waals surface area contributed by atoms with Crippen molar-refractivity contribution in [2.45, 2.75) is 26.2 Å². The molecule has 2 aromatic carbocycles. The number of benzene rings is 2. The van der Waals surface area contributed by atoms with E-state index in [4.69, 9.17) is 21.7 Å². The fraction of sp³-hybridized carbons (Fsp3) is 0.375. The van der Waals surface area contributed by atoms with Crippen molar-refractivity contribution < 1.29 is 19.1 Å². The number of nitrogens with one attached hydrogen (secondary N) is 2. The molecule has 3 rings (SSSR count). The van der Waals surface area contributed by atoms with E-state index in [-0.39, 0.29) is 16.9 Å². The Morgan fingerprint density at radius 1 is 1.03 bits per heavy atom. The molecule has 170 valence electrons. The van der Waals surface area contributed by atoms with Gasteiger partial charge in [0.05, 0.1) is 36.6 Å². The second-order valence-electron chi connectivity index (χ2n) is 7.41. The Labute approximate surface area is 194 Å². The molecule has 0 aromatic heterocycles. The molecule has 0 bridgehead atoms. The number of morpholine rings is 1. The van der Waals surface area contributed by atoms with E-state index in [1.54, 1.807) is 41.3 Å². The summed E-state index contributed by atoms with van der Waals surface area (Å²) in [6, 6.07) is 14.2. The number of amides is 2. The zero-order chi connectivity index (χ0) is 22.8. The third-order valence-electron chi connectivity index (χ3n) is 5.07. The van der Waals surface area contributed by atoms with Crippen LogP contribution in [0.25, 0.3) is 0 Å². The van der Waals surface area contributed by atoms with Crippen LogP contribution in [0.4, 0.5) is 5.69 Å². The van der Waals surface area contributed by atoms with Crippen LogP contribution in [-0.4, -0.2) is 54.7 Å². The number of hydrogen-bond donors (Lipinski definition) is 2. The van der Waals surface area contributed by atoms with Crippen LogP contribution in [0.5, 0.6) is 5.75 Å². The van der Waals surface area contributed by atoms with E-state index in [1.807, 2.05) is 12.1 Å². The van der Waals surface area contributed by atoms with Gasteiger partial charge in [-0.15, -0.1) is 0 Å². The number of carbonyl (C=O) groups excluding carboxylic acids is 2. The van der Waals surface area contributed by atoms with Crippen molar-refractivity contribution in [3.05, 3.63) is 59.7 Å². The second kappa shape index (κ2) is 12.2. The van der Waals surface area contributed by atoms with E-state index in [9.17, 15) is 9.59 Å². The molecular formula is C24H29N3O4S. The van der Waals surface area contributed by atoms with Crippen molar-refractivity contribution in [3.8, 4) is 5.75 Å². The molecule has 1 aliphatic heterocycles. The molecule has 1 aliphatic rings. The first-order valence-corrected chi connectivity index (χ1v) is 11.3. The van der Waals surface area contributed by atoms with Gasteiger partial charge in [-0.25, -0.2) is 0 Å². The Morgan fingerprint density at radius 3 is 2.47 bits per heavy atom. The molecule has 0 radical (unpaired) electrons. The minimum Gasteiger partial charge on any atom is -0.493 e. The topological polar surface area (TPSA) is 79.9 Å². The van der Waals surface area contributed by atoms with Crippen molar-refractivity contribution in [2.75, 3.05) is 38.2 Å². The van der Waals surface area contributed by atoms with Gasteiger partial charge in [-0.3, -0.25) is 14.9 Å². The summed E-state index contributed by atoms with van der Waals surface area (Å²) in [7, 11) is 0. The number of thiocarbonyl (C=S) groups is 1. The fourth-order valence-corrected chi connectivity index (χ4v) is 3.56. The first-order valence-electron chi connectivity index (χ1n) is 10.9. The van der Waals surface area contributed by atoms with Crippen molar-refractivity contribution >= 4 is 34.8 Å². The summed E-state index contributed by atoms with van der Waals surface area (Å²) in [4.78, 5) is 27.5. The van der Waals surface area contributed by atoms with Gasteiger partial charge >= 0.3 is 0 Å². The Hall–Kier alpha value is -2.97. The van der Waals surface area contributed by atoms with Gasteiger partial charge in [-0.05, 0) is 42.9 Å². The lowest BCUT2D eigenvalue weighted by molar-refractivity contribution is 0.0303. The summed E-state index contributed by atoms with van der Waals surface area (Å²) >= 11 is 5.35. The van der Waals surface area contributed by atoms with Gasteiger partial charge in [0, 0.05) is 13.1 Å². The first-order chi connectivity index (χ1) is 15.6. The summed E-state index contributed by atoms with van der Waals surface area (Å²) in [5.74, 6) is 0.0497. The first kappa shape index (κ1) is 23.7. The highest BCUT2D eigenvalue weighted by molar-refractivity contribution is 7.80. The zero-order valence-corrected chi connectivity index (χ0v) is 19.1. The largest absolute Gasteiger partial charge is 0.493 e. The molecule has 32 heavy (non-hydrogen) atoms. The normalized spacial score (nSPS) is 13.3. The lowest BCUT2D eigenvalue weighted by Gasteiger charge is -2.27. The average Bonchev–Trinajstić information content (AvgIpc) is 2.82. The fourth-order valence-electron chi connectivity index (χ4n) is 3.35. The van der Waals surface area contributed by atoms with E-state index in [1.165, 1.54) is 0 Å². The van der Waals surface area contributed by atoms with Crippen LogP contribution < -0.4 is 15.4 Å². The number of ether oxygens (including phenoxy) is 2. The quantitative estimate of drug-likeness (QED) is 0.465. The predicted molar refractivity (Wildman–Crippen MR) is 128 cm³/mol. The van der Waals surface area contributed by atoms with Crippen molar-refractivity contribution in [3.63, 3.8) is 0 Å². The number of unbranched alkanes of at least 4 members (excludes halogenated alkanes) is 2. The number of para-hydroxylation sites is 2. The molecule has 0 aliphatic carbocycles. The number of anilines is 1. The molecule has 2 aromatic rings. The molecule has 7 nitrogen and oxygen atoms in total. The molecule has 2 amide bonds. The summed E-state index contributed by atoms with van der Waals surface area (Å²) in [6.45, 7) is 4.82. The Bertz CT molecular complexity index is 944. The van der Waals surface area contributed by atoms with Crippen LogP contribution in [0.2, 0.25) is 0 Å². The third-order valence-corrected chi connectivity index (χ3v) is 5.27. The van der Waals surface area contributed by atoms with Gasteiger partial charge in [0.1, 0.15) is 5.75 Å². The van der Waals surface area contributed by atoms with Crippen LogP contribution in [-0.2, 0) is 4.74 Å². The standard InChI is InChI=1S/C24H29N3O4S/c1-2-3-8-15-31-21-12-7-5-10-19(21)22(28)26-24(32)25-20-11-6-4-9-18(20)23(29)27-13-16-30-17-14-27/h4-7,9-12H,2-3,8,13-17H2,1H3,(H2,25,26,28,32). The molecule has 1 fully saturated rings. The van der Waals surface area contributed by atoms with Crippen molar-refractivity contribution in [1.82, 2.24) is 10.2 Å². The molecule has 0 spiro atoms. The van der Waals surface area contributed by atoms with Crippen LogP contribution >= 0.6 is 12.2 Å². The summed E-state index contributed by atoms with van der Waals surface area (Å²) < 4.78 is 11.1. The highest BCUT2D eigenvalue weighted by Gasteiger charge is 2.21. The maximum Gasteiger partial charge on any atom is 0.261 e. The molecule has 2 N–H and O–H groups in total. The molecule has 0 atom stereocenters. The van der Waals surface area contributed by atoms with E-state index in [0.29, 0.717) is 55.5 Å². The van der Waals surface area contributed by atoms with Gasteiger partial charge in [0.2, 0.25) is 0 Å². The molecule has 8 heteroatoms. The lowest BCUT2D eigenvalue weighted by Crippen LogP contribution is -2.41. The lowest BCUT2D eigenvalue weighted by atomic mass is 10.1. The molecular weight excluding hydrogens is 426 g/mol. The number of rotatable bonds is 8. The minimum atomic E-state index is -0.370. The number of nitrogens with zero attached hydrogens (tertiary/aromatic N) is 1. The van der Waals surface area contributed by atoms with Crippen LogP contribution in [0, 0.1) is 0 Å². The number of hydrogen-bond acceptors (Lipinski definition) is 5. The van der Waals surface area contributed by atoms with Crippen molar-refractivity contribution in [1.29, 1.82) is 0 Å². The summed E-state index contributed by atoms with van der Waals surface area (Å²) in [5, 5.41) is 5.79. The van der Waals surface area contributed by atoms with Crippen LogP contribution in [0.15, 0.2) is 48.5 Å². The minimum absolute atomic E-state index is 0.101. The SMILES string of the molecule is CCCCCOc1ccccc1C(=O)NC(=S)Nc1ccccc1C(=O)N1CCOCC1. The van der Waals surface area contributed by atoms with E-state index in [0.717, 1.165) is 19.3 Å². The highest BCUT2D eigenvalue weighted by atomic mass is 32.1. The molecule has 1 heterocycles. The van der Waals surface area contributed by atoms with Gasteiger partial charge in [-0.2, -0.15) is 0 Å². The average molecular weight is 456 g/mol. The van der Waals surface area contributed by atoms with Gasteiger partial charge in [-0.1, -0.05) is 44.0 Å². The number of carbonyl (C=O) groups is 2. The Balaban J connectivity index is 1.64. The smallest absolute Gasteiger partial charge is 0.261 e. The highest BCUT2D eigenvalue weighted by Crippen LogP contribution is 2.20. The predicted octanol–water partition coefficient (Wildman–Crippen LogP) is 3.85. The summed E-state index contributed by atoms with van der Waals surface area (Å²) in [6.07, 6.45) is 3.10. The van der Waals surface area contributed by atoms with E-state index < -0.39 is 0 Å². The summed E-state index contributed by atoms with van der Waals surface area (Å²) in [5.41, 5.74) is 1.44. The maximum absolute atomic E-state index is 12.9. The Morgan fingerprint density at radius 2 is 1.72 bits per heavy atom. The monoisotopic (exact) mass is 455 g/mol. The second-order valence-corrected chi connectivity index (χ2v) is 7.82. The van der Waals surface area contributed by atoms with Gasteiger partial charge in [0.25, 0.3) is 11.8 Å². The molecule has 0 saturated carbocycles. The van der Waals surface area contributed by atoms with Gasteiger partial charge < -0.3 is 19.7 Å². The molecule has 1 saturated heterocycles. The van der Waals surface area contributed by atoms with Crippen molar-refractivity contribution in [2.24, 2.45) is 0 Å². The Kier molecular flexibility index (Phi) is 9.01. The maximum atomic E-state index is 12.9.